The number of benzene rings is 1. The topological polar surface area (TPSA) is 41.1 Å². The molecule has 21 heavy (non-hydrogen) atoms. The molecule has 3 rings (SSSR count). The van der Waals surface area contributed by atoms with Crippen LogP contribution in [0.5, 0.6) is 0 Å². The summed E-state index contributed by atoms with van der Waals surface area (Å²) in [5.74, 6) is -0.473. The monoisotopic (exact) mass is 326 g/mol. The van der Waals surface area contributed by atoms with Gasteiger partial charge in [-0.1, -0.05) is 6.07 Å². The molecule has 0 saturated heterocycles. The number of hydrogen-bond donors (Lipinski definition) is 2. The molecule has 3 nitrogen and oxygen atoms in total. The third-order valence-corrected chi connectivity index (χ3v) is 4.16. The summed E-state index contributed by atoms with van der Waals surface area (Å²) in [5.41, 5.74) is 2.93. The number of carbonyl (C=O) groups excluding carboxylic acids is 1. The molecule has 0 spiro atoms. The predicted octanol–water partition coefficient (Wildman–Crippen LogP) is 3.14. The quantitative estimate of drug-likeness (QED) is 0.910. The van der Waals surface area contributed by atoms with E-state index in [2.05, 4.69) is 10.6 Å². The van der Waals surface area contributed by atoms with Crippen molar-refractivity contribution < 1.29 is 9.18 Å². The van der Waals surface area contributed by atoms with Crippen LogP contribution in [0, 0.1) is 5.82 Å². The van der Waals surface area contributed by atoms with E-state index in [4.69, 9.17) is 0 Å². The van der Waals surface area contributed by atoms with Crippen molar-refractivity contribution in [2.24, 2.45) is 0 Å². The van der Waals surface area contributed by atoms with Gasteiger partial charge in [0, 0.05) is 6.54 Å². The minimum absolute atomic E-state index is 0. The van der Waals surface area contributed by atoms with Crippen molar-refractivity contribution in [3.05, 3.63) is 51.5 Å². The first kappa shape index (κ1) is 15.9. The van der Waals surface area contributed by atoms with Gasteiger partial charge in [0.05, 0.1) is 12.1 Å². The van der Waals surface area contributed by atoms with Crippen LogP contribution in [0.1, 0.15) is 16.7 Å². The van der Waals surface area contributed by atoms with Gasteiger partial charge in [-0.15, -0.1) is 12.4 Å². The lowest BCUT2D eigenvalue weighted by Gasteiger charge is -2.19. The normalized spacial score (nSPS) is 13.2. The summed E-state index contributed by atoms with van der Waals surface area (Å²) in [6.45, 7) is 1.46. The van der Waals surface area contributed by atoms with Gasteiger partial charge in [0.2, 0.25) is 5.91 Å². The number of thiophene rings is 1. The van der Waals surface area contributed by atoms with Gasteiger partial charge in [0.15, 0.2) is 0 Å². The Morgan fingerprint density at radius 1 is 1.38 bits per heavy atom. The summed E-state index contributed by atoms with van der Waals surface area (Å²) in [7, 11) is 0. The highest BCUT2D eigenvalue weighted by molar-refractivity contribution is 7.08. The molecule has 1 aliphatic heterocycles. The summed E-state index contributed by atoms with van der Waals surface area (Å²) in [4.78, 5) is 11.9. The first-order valence-corrected chi connectivity index (χ1v) is 7.50. The molecule has 0 radical (unpaired) electrons. The Bertz CT molecular complexity index is 631. The highest BCUT2D eigenvalue weighted by Gasteiger charge is 2.17. The molecule has 0 atom stereocenters. The van der Waals surface area contributed by atoms with Crippen LogP contribution in [-0.4, -0.2) is 12.5 Å². The van der Waals surface area contributed by atoms with E-state index in [0.29, 0.717) is 13.0 Å². The standard InChI is InChI=1S/C15H15FN2OS.ClH/c16-15-12-3-5-17-8-11(12)1-2-13(15)18-14(19)7-10-4-6-20-9-10;/h1-2,4,6,9,17H,3,5,7-8H2,(H,18,19);1H. The Balaban J connectivity index is 0.00000161. The van der Waals surface area contributed by atoms with Gasteiger partial charge in [0.25, 0.3) is 0 Å². The van der Waals surface area contributed by atoms with E-state index in [9.17, 15) is 9.18 Å². The Labute approximate surface area is 133 Å². The van der Waals surface area contributed by atoms with E-state index < -0.39 is 0 Å². The minimum Gasteiger partial charge on any atom is -0.323 e. The van der Waals surface area contributed by atoms with Gasteiger partial charge in [-0.2, -0.15) is 11.3 Å². The van der Waals surface area contributed by atoms with Crippen LogP contribution in [0.15, 0.2) is 29.0 Å². The maximum Gasteiger partial charge on any atom is 0.228 e. The maximum absolute atomic E-state index is 14.4. The van der Waals surface area contributed by atoms with Crippen LogP contribution in [0.3, 0.4) is 0 Å². The summed E-state index contributed by atoms with van der Waals surface area (Å²) in [6.07, 6.45) is 0.941. The largest absolute Gasteiger partial charge is 0.323 e. The highest BCUT2D eigenvalue weighted by atomic mass is 35.5. The molecule has 6 heteroatoms. The second kappa shape index (κ2) is 7.02. The van der Waals surface area contributed by atoms with Gasteiger partial charge in [-0.25, -0.2) is 4.39 Å². The number of rotatable bonds is 3. The average Bonchev–Trinajstić information content (AvgIpc) is 2.95. The first-order chi connectivity index (χ1) is 9.74. The molecule has 0 fully saturated rings. The Kier molecular flexibility index (Phi) is 5.33. The SMILES string of the molecule is Cl.O=C(Cc1ccsc1)Nc1ccc2c(c1F)CCNC2. The summed E-state index contributed by atoms with van der Waals surface area (Å²) in [6, 6.07) is 5.43. The van der Waals surface area contributed by atoms with Crippen molar-refractivity contribution in [1.29, 1.82) is 0 Å². The number of nitrogens with one attached hydrogen (secondary N) is 2. The fraction of sp³-hybridized carbons (Fsp3) is 0.267. The van der Waals surface area contributed by atoms with Crippen LogP contribution in [0.4, 0.5) is 10.1 Å². The smallest absolute Gasteiger partial charge is 0.228 e. The Hall–Kier alpha value is -1.43. The van der Waals surface area contributed by atoms with E-state index >= 15 is 0 Å². The third-order valence-electron chi connectivity index (χ3n) is 3.43. The van der Waals surface area contributed by atoms with Crippen molar-refractivity contribution in [1.82, 2.24) is 5.32 Å². The first-order valence-electron chi connectivity index (χ1n) is 6.56. The zero-order valence-electron chi connectivity index (χ0n) is 11.3. The minimum atomic E-state index is -0.289. The molecule has 112 valence electrons. The summed E-state index contributed by atoms with van der Waals surface area (Å²) >= 11 is 1.55. The number of halogens is 2. The van der Waals surface area contributed by atoms with E-state index in [1.54, 1.807) is 17.4 Å². The molecule has 0 aliphatic carbocycles. The van der Waals surface area contributed by atoms with Crippen LogP contribution in [-0.2, 0) is 24.2 Å². The average molecular weight is 327 g/mol. The molecule has 2 heterocycles. The van der Waals surface area contributed by atoms with E-state index in [-0.39, 0.29) is 36.2 Å². The maximum atomic E-state index is 14.4. The number of amides is 1. The summed E-state index contributed by atoms with van der Waals surface area (Å²) in [5, 5.41) is 9.72. The zero-order chi connectivity index (χ0) is 13.9. The lowest BCUT2D eigenvalue weighted by atomic mass is 9.99. The van der Waals surface area contributed by atoms with Crippen molar-refractivity contribution in [3.8, 4) is 0 Å². The van der Waals surface area contributed by atoms with Crippen molar-refractivity contribution in [3.63, 3.8) is 0 Å². The van der Waals surface area contributed by atoms with E-state index in [1.165, 1.54) is 0 Å². The number of hydrogen-bond acceptors (Lipinski definition) is 3. The molecular weight excluding hydrogens is 311 g/mol. The van der Waals surface area contributed by atoms with Crippen LogP contribution in [0.2, 0.25) is 0 Å². The van der Waals surface area contributed by atoms with Gasteiger partial charge in [-0.05, 0) is 52.5 Å². The molecular formula is C15H16ClFN2OS. The van der Waals surface area contributed by atoms with Crippen molar-refractivity contribution >= 4 is 35.3 Å². The molecule has 2 aromatic rings. The molecule has 1 aromatic heterocycles. The molecule has 1 aromatic carbocycles. The van der Waals surface area contributed by atoms with Gasteiger partial charge < -0.3 is 10.6 Å². The zero-order valence-corrected chi connectivity index (χ0v) is 13.0. The number of carbonyl (C=O) groups is 1. The molecule has 0 saturated carbocycles. The number of anilines is 1. The van der Waals surface area contributed by atoms with Gasteiger partial charge in [0.1, 0.15) is 5.82 Å². The van der Waals surface area contributed by atoms with Crippen LogP contribution < -0.4 is 10.6 Å². The van der Waals surface area contributed by atoms with Crippen molar-refractivity contribution in [2.45, 2.75) is 19.4 Å². The lowest BCUT2D eigenvalue weighted by molar-refractivity contribution is -0.115. The highest BCUT2D eigenvalue weighted by Crippen LogP contribution is 2.24. The molecule has 0 bridgehead atoms. The number of fused-ring (bicyclic) bond motifs is 1. The van der Waals surface area contributed by atoms with Crippen molar-refractivity contribution in [2.75, 3.05) is 11.9 Å². The third kappa shape index (κ3) is 3.61. The second-order valence-corrected chi connectivity index (χ2v) is 5.63. The van der Waals surface area contributed by atoms with E-state index in [0.717, 1.165) is 23.2 Å². The molecule has 0 unspecified atom stereocenters. The van der Waals surface area contributed by atoms with E-state index in [1.807, 2.05) is 22.9 Å². The fourth-order valence-corrected chi connectivity index (χ4v) is 3.07. The molecule has 1 amide bonds. The predicted molar refractivity (Wildman–Crippen MR) is 85.7 cm³/mol. The van der Waals surface area contributed by atoms with Crippen LogP contribution in [0.25, 0.3) is 0 Å². The Morgan fingerprint density at radius 3 is 3.00 bits per heavy atom. The second-order valence-electron chi connectivity index (χ2n) is 4.85. The lowest BCUT2D eigenvalue weighted by Crippen LogP contribution is -2.25. The molecule has 2 N–H and O–H groups in total. The Morgan fingerprint density at radius 2 is 2.24 bits per heavy atom. The van der Waals surface area contributed by atoms with Gasteiger partial charge in [-0.3, -0.25) is 4.79 Å². The molecule has 1 aliphatic rings. The fourth-order valence-electron chi connectivity index (χ4n) is 2.40. The van der Waals surface area contributed by atoms with Gasteiger partial charge >= 0.3 is 0 Å². The van der Waals surface area contributed by atoms with Crippen LogP contribution >= 0.6 is 23.7 Å². The summed E-state index contributed by atoms with van der Waals surface area (Å²) < 4.78 is 14.4.